The molecule has 0 aromatic carbocycles. The van der Waals surface area contributed by atoms with Gasteiger partial charge in [0.1, 0.15) is 0 Å². The van der Waals surface area contributed by atoms with Crippen molar-refractivity contribution in [2.45, 2.75) is 39.9 Å². The van der Waals surface area contributed by atoms with Crippen LogP contribution in [0.5, 0.6) is 0 Å². The van der Waals surface area contributed by atoms with E-state index in [0.29, 0.717) is 18.7 Å². The molecule has 2 aromatic rings. The number of ether oxygens (including phenoxy) is 1. The molecule has 0 spiro atoms. The standard InChI is InChI=1S/C17H22N4O2/c1-11-7-12(2)21(19-11)16-6-5-15(8-18-16)17(22)20-9-13(3)23-14(4)10-20/h5-8,13-14H,9-10H2,1-4H3/t13-,14-/m1/s1. The zero-order valence-electron chi connectivity index (χ0n) is 14.0. The zero-order valence-corrected chi connectivity index (χ0v) is 14.0. The van der Waals surface area contributed by atoms with E-state index in [1.54, 1.807) is 10.9 Å². The number of amides is 1. The van der Waals surface area contributed by atoms with Crippen LogP contribution in [-0.2, 0) is 4.74 Å². The largest absolute Gasteiger partial charge is 0.372 e. The topological polar surface area (TPSA) is 60.2 Å². The first-order valence-corrected chi connectivity index (χ1v) is 7.88. The van der Waals surface area contributed by atoms with Crippen molar-refractivity contribution in [2.75, 3.05) is 13.1 Å². The maximum atomic E-state index is 12.6. The fourth-order valence-electron chi connectivity index (χ4n) is 3.02. The Kier molecular flexibility index (Phi) is 4.17. The Bertz CT molecular complexity index is 698. The summed E-state index contributed by atoms with van der Waals surface area (Å²) in [6.45, 7) is 9.13. The lowest BCUT2D eigenvalue weighted by Gasteiger charge is -2.35. The third kappa shape index (κ3) is 3.27. The second-order valence-electron chi connectivity index (χ2n) is 6.21. The highest BCUT2D eigenvalue weighted by Gasteiger charge is 2.26. The van der Waals surface area contributed by atoms with Crippen LogP contribution in [0.1, 0.15) is 35.6 Å². The van der Waals surface area contributed by atoms with Gasteiger partial charge in [0.2, 0.25) is 0 Å². The Morgan fingerprint density at radius 3 is 2.43 bits per heavy atom. The number of hydrogen-bond donors (Lipinski definition) is 0. The summed E-state index contributed by atoms with van der Waals surface area (Å²) in [5, 5.41) is 4.41. The normalized spacial score (nSPS) is 21.5. The minimum atomic E-state index is -0.000539. The van der Waals surface area contributed by atoms with E-state index >= 15 is 0 Å². The molecule has 6 heteroatoms. The van der Waals surface area contributed by atoms with Crippen molar-refractivity contribution in [3.8, 4) is 5.82 Å². The monoisotopic (exact) mass is 314 g/mol. The van der Waals surface area contributed by atoms with Crippen molar-refractivity contribution in [3.63, 3.8) is 0 Å². The molecule has 0 bridgehead atoms. The molecule has 1 aliphatic heterocycles. The lowest BCUT2D eigenvalue weighted by molar-refractivity contribution is -0.0586. The zero-order chi connectivity index (χ0) is 16.6. The molecule has 23 heavy (non-hydrogen) atoms. The Balaban J connectivity index is 1.79. The van der Waals surface area contributed by atoms with Crippen LogP contribution in [-0.4, -0.2) is 50.9 Å². The molecule has 3 rings (SSSR count). The fraction of sp³-hybridized carbons (Fsp3) is 0.471. The molecule has 1 amide bonds. The molecule has 3 heterocycles. The van der Waals surface area contributed by atoms with Crippen molar-refractivity contribution in [2.24, 2.45) is 0 Å². The Hall–Kier alpha value is -2.21. The van der Waals surface area contributed by atoms with Crippen molar-refractivity contribution in [1.29, 1.82) is 0 Å². The van der Waals surface area contributed by atoms with E-state index in [1.165, 1.54) is 0 Å². The van der Waals surface area contributed by atoms with Gasteiger partial charge >= 0.3 is 0 Å². The predicted octanol–water partition coefficient (Wildman–Crippen LogP) is 2.13. The number of carbonyl (C=O) groups excluding carboxylic acids is 1. The van der Waals surface area contributed by atoms with Crippen molar-refractivity contribution >= 4 is 5.91 Å². The molecule has 0 aliphatic carbocycles. The van der Waals surface area contributed by atoms with Crippen molar-refractivity contribution in [1.82, 2.24) is 19.7 Å². The molecule has 0 N–H and O–H groups in total. The van der Waals surface area contributed by atoms with Crippen LogP contribution in [0.3, 0.4) is 0 Å². The third-order valence-corrected chi connectivity index (χ3v) is 3.93. The summed E-state index contributed by atoms with van der Waals surface area (Å²) in [5.74, 6) is 0.718. The fourth-order valence-corrected chi connectivity index (χ4v) is 3.02. The average Bonchev–Trinajstić information content (AvgIpc) is 2.84. The summed E-state index contributed by atoms with van der Waals surface area (Å²) >= 11 is 0. The van der Waals surface area contributed by atoms with Gasteiger partial charge in [-0.2, -0.15) is 5.10 Å². The van der Waals surface area contributed by atoms with Gasteiger partial charge in [-0.3, -0.25) is 4.79 Å². The van der Waals surface area contributed by atoms with Gasteiger partial charge < -0.3 is 9.64 Å². The second-order valence-corrected chi connectivity index (χ2v) is 6.21. The highest BCUT2D eigenvalue weighted by atomic mass is 16.5. The van der Waals surface area contributed by atoms with Crippen molar-refractivity contribution in [3.05, 3.63) is 41.3 Å². The highest BCUT2D eigenvalue weighted by molar-refractivity contribution is 5.94. The van der Waals surface area contributed by atoms with Crippen LogP contribution in [0.4, 0.5) is 0 Å². The number of morpholine rings is 1. The predicted molar refractivity (Wildman–Crippen MR) is 86.7 cm³/mol. The molecule has 0 radical (unpaired) electrons. The minimum absolute atomic E-state index is 0.000539. The Morgan fingerprint density at radius 1 is 1.22 bits per heavy atom. The first-order chi connectivity index (χ1) is 10.9. The quantitative estimate of drug-likeness (QED) is 0.852. The number of aromatic nitrogens is 3. The molecule has 0 saturated carbocycles. The first kappa shape index (κ1) is 15.7. The Labute approximate surface area is 136 Å². The molecule has 6 nitrogen and oxygen atoms in total. The summed E-state index contributed by atoms with van der Waals surface area (Å²) in [7, 11) is 0. The van der Waals surface area contributed by atoms with Crippen molar-refractivity contribution < 1.29 is 9.53 Å². The van der Waals surface area contributed by atoms with E-state index in [4.69, 9.17) is 4.74 Å². The maximum absolute atomic E-state index is 12.6. The summed E-state index contributed by atoms with van der Waals surface area (Å²) in [6.07, 6.45) is 1.74. The second kappa shape index (κ2) is 6.12. The SMILES string of the molecule is Cc1cc(C)n(-c2ccc(C(=O)N3C[C@@H](C)O[C@H](C)C3)cn2)n1. The number of rotatable bonds is 2. The van der Waals surface area contributed by atoms with Crippen LogP contribution in [0.2, 0.25) is 0 Å². The number of hydrogen-bond acceptors (Lipinski definition) is 4. The molecule has 2 atom stereocenters. The first-order valence-electron chi connectivity index (χ1n) is 7.88. The lowest BCUT2D eigenvalue weighted by Crippen LogP contribution is -2.48. The number of carbonyl (C=O) groups is 1. The van der Waals surface area contributed by atoms with E-state index in [9.17, 15) is 4.79 Å². The summed E-state index contributed by atoms with van der Waals surface area (Å²) in [6, 6.07) is 5.64. The van der Waals surface area contributed by atoms with Gasteiger partial charge in [-0.1, -0.05) is 0 Å². The molecule has 2 aromatic heterocycles. The third-order valence-electron chi connectivity index (χ3n) is 3.93. The van der Waals surface area contributed by atoms with Crippen LogP contribution in [0, 0.1) is 13.8 Å². The van der Waals surface area contributed by atoms with E-state index in [1.807, 2.05) is 50.8 Å². The Morgan fingerprint density at radius 2 is 1.91 bits per heavy atom. The van der Waals surface area contributed by atoms with Crippen LogP contribution < -0.4 is 0 Å². The molecule has 1 aliphatic rings. The average molecular weight is 314 g/mol. The van der Waals surface area contributed by atoms with Gasteiger partial charge in [0, 0.05) is 25.0 Å². The molecule has 1 saturated heterocycles. The number of nitrogens with zero attached hydrogens (tertiary/aromatic N) is 4. The lowest BCUT2D eigenvalue weighted by atomic mass is 10.2. The molecular weight excluding hydrogens is 292 g/mol. The van der Waals surface area contributed by atoms with Gasteiger partial charge in [0.25, 0.3) is 5.91 Å². The van der Waals surface area contributed by atoms with Gasteiger partial charge in [-0.15, -0.1) is 0 Å². The molecule has 1 fully saturated rings. The van der Waals surface area contributed by atoms with Gasteiger partial charge in [0.05, 0.1) is 23.5 Å². The molecule has 122 valence electrons. The van der Waals surface area contributed by atoms with Gasteiger partial charge in [0.15, 0.2) is 5.82 Å². The van der Waals surface area contributed by atoms with Crippen LogP contribution in [0.25, 0.3) is 5.82 Å². The van der Waals surface area contributed by atoms with E-state index in [-0.39, 0.29) is 18.1 Å². The molecular formula is C17H22N4O2. The van der Waals surface area contributed by atoms with E-state index in [0.717, 1.165) is 17.2 Å². The smallest absolute Gasteiger partial charge is 0.255 e. The van der Waals surface area contributed by atoms with Gasteiger partial charge in [-0.25, -0.2) is 9.67 Å². The van der Waals surface area contributed by atoms with Crippen LogP contribution >= 0.6 is 0 Å². The van der Waals surface area contributed by atoms with Crippen LogP contribution in [0.15, 0.2) is 24.4 Å². The summed E-state index contributed by atoms with van der Waals surface area (Å²) in [5.41, 5.74) is 2.56. The molecule has 0 unspecified atom stereocenters. The van der Waals surface area contributed by atoms with E-state index in [2.05, 4.69) is 10.1 Å². The summed E-state index contributed by atoms with van der Waals surface area (Å²) in [4.78, 5) is 18.8. The summed E-state index contributed by atoms with van der Waals surface area (Å²) < 4.78 is 7.45. The number of aryl methyl sites for hydroxylation is 2. The number of pyridine rings is 1. The van der Waals surface area contributed by atoms with Gasteiger partial charge in [-0.05, 0) is 45.9 Å². The highest BCUT2D eigenvalue weighted by Crippen LogP contribution is 2.15. The van der Waals surface area contributed by atoms with E-state index < -0.39 is 0 Å². The maximum Gasteiger partial charge on any atom is 0.255 e. The minimum Gasteiger partial charge on any atom is -0.372 e.